The molecule has 1 aliphatic heterocycles. The minimum Gasteiger partial charge on any atom is -0.381 e. The molecule has 0 aromatic carbocycles. The highest BCUT2D eigenvalue weighted by atomic mass is 16.2. The van der Waals surface area contributed by atoms with Crippen LogP contribution in [0, 0.1) is 0 Å². The zero-order chi connectivity index (χ0) is 14.3. The van der Waals surface area contributed by atoms with Gasteiger partial charge in [0.25, 0.3) is 5.91 Å². The smallest absolute Gasteiger partial charge is 0.256 e. The Kier molecular flexibility index (Phi) is 6.33. The lowest BCUT2D eigenvalue weighted by Crippen LogP contribution is -2.41. The summed E-state index contributed by atoms with van der Waals surface area (Å²) in [6.07, 6.45) is 7.47. The highest BCUT2D eigenvalue weighted by molar-refractivity contribution is 6.02. The largest absolute Gasteiger partial charge is 0.381 e. The SMILES string of the molecule is C/C=C\C1=C(/C=N\C)NCCN(C(CC)CC)C1=O. The molecular weight excluding hydrogens is 238 g/mol. The van der Waals surface area contributed by atoms with Crippen LogP contribution in [0.2, 0.25) is 0 Å². The van der Waals surface area contributed by atoms with Crippen LogP contribution < -0.4 is 5.32 Å². The van der Waals surface area contributed by atoms with Gasteiger partial charge in [0.15, 0.2) is 0 Å². The van der Waals surface area contributed by atoms with Gasteiger partial charge in [-0.05, 0) is 19.8 Å². The lowest BCUT2D eigenvalue weighted by atomic mass is 10.1. The number of hydrogen-bond donors (Lipinski definition) is 1. The average molecular weight is 263 g/mol. The lowest BCUT2D eigenvalue weighted by Gasteiger charge is -2.29. The molecule has 0 spiro atoms. The number of rotatable bonds is 5. The number of nitrogens with zero attached hydrogens (tertiary/aromatic N) is 2. The number of nitrogens with one attached hydrogen (secondary N) is 1. The van der Waals surface area contributed by atoms with Crippen LogP contribution in [0.3, 0.4) is 0 Å². The van der Waals surface area contributed by atoms with Gasteiger partial charge in [-0.3, -0.25) is 9.79 Å². The fourth-order valence-electron chi connectivity index (χ4n) is 2.43. The van der Waals surface area contributed by atoms with Crippen molar-refractivity contribution in [3.63, 3.8) is 0 Å². The second kappa shape index (κ2) is 7.77. The summed E-state index contributed by atoms with van der Waals surface area (Å²) in [4.78, 5) is 18.7. The fraction of sp³-hybridized carbons (Fsp3) is 0.600. The zero-order valence-corrected chi connectivity index (χ0v) is 12.4. The number of carbonyl (C=O) groups is 1. The van der Waals surface area contributed by atoms with Gasteiger partial charge in [0.05, 0.1) is 11.3 Å². The molecule has 106 valence electrons. The van der Waals surface area contributed by atoms with E-state index in [0.29, 0.717) is 11.6 Å². The van der Waals surface area contributed by atoms with Gasteiger partial charge in [-0.25, -0.2) is 0 Å². The van der Waals surface area contributed by atoms with Crippen molar-refractivity contribution in [2.75, 3.05) is 20.1 Å². The number of carbonyl (C=O) groups excluding carboxylic acids is 1. The number of aliphatic imine (C=N–C) groups is 1. The van der Waals surface area contributed by atoms with Crippen molar-refractivity contribution in [1.29, 1.82) is 0 Å². The molecule has 1 rings (SSSR count). The third-order valence-corrected chi connectivity index (χ3v) is 3.42. The molecular formula is C15H25N3O. The molecule has 0 radical (unpaired) electrons. The van der Waals surface area contributed by atoms with Crippen LogP contribution >= 0.6 is 0 Å². The lowest BCUT2D eigenvalue weighted by molar-refractivity contribution is -0.128. The van der Waals surface area contributed by atoms with Crippen LogP contribution in [0.5, 0.6) is 0 Å². The summed E-state index contributed by atoms with van der Waals surface area (Å²) in [7, 11) is 1.72. The van der Waals surface area contributed by atoms with E-state index in [4.69, 9.17) is 0 Å². The maximum atomic E-state index is 12.7. The van der Waals surface area contributed by atoms with Gasteiger partial charge in [-0.2, -0.15) is 0 Å². The predicted octanol–water partition coefficient (Wildman–Crippen LogP) is 2.14. The third-order valence-electron chi connectivity index (χ3n) is 3.42. The number of allylic oxidation sites excluding steroid dienone is 2. The van der Waals surface area contributed by atoms with Gasteiger partial charge in [0.1, 0.15) is 0 Å². The van der Waals surface area contributed by atoms with Gasteiger partial charge in [-0.15, -0.1) is 0 Å². The molecule has 0 saturated carbocycles. The normalized spacial score (nSPS) is 17.7. The van der Waals surface area contributed by atoms with Crippen LogP contribution in [0.25, 0.3) is 0 Å². The highest BCUT2D eigenvalue weighted by Gasteiger charge is 2.26. The molecule has 4 nitrogen and oxygen atoms in total. The van der Waals surface area contributed by atoms with Crippen LogP contribution in [-0.4, -0.2) is 43.2 Å². The fourth-order valence-corrected chi connectivity index (χ4v) is 2.43. The second-order valence-electron chi connectivity index (χ2n) is 4.61. The molecule has 1 aliphatic rings. The van der Waals surface area contributed by atoms with E-state index in [-0.39, 0.29) is 5.91 Å². The first-order valence-electron chi connectivity index (χ1n) is 7.03. The molecule has 0 saturated heterocycles. The molecule has 1 heterocycles. The monoisotopic (exact) mass is 263 g/mol. The molecule has 1 amide bonds. The van der Waals surface area contributed by atoms with E-state index in [1.54, 1.807) is 13.3 Å². The van der Waals surface area contributed by atoms with E-state index < -0.39 is 0 Å². The van der Waals surface area contributed by atoms with E-state index in [1.165, 1.54) is 0 Å². The minimum atomic E-state index is 0.103. The molecule has 0 bridgehead atoms. The molecule has 0 aromatic rings. The predicted molar refractivity (Wildman–Crippen MR) is 80.3 cm³/mol. The van der Waals surface area contributed by atoms with E-state index in [1.807, 2.05) is 24.0 Å². The molecule has 0 atom stereocenters. The van der Waals surface area contributed by atoms with E-state index >= 15 is 0 Å². The quantitative estimate of drug-likeness (QED) is 0.772. The molecule has 4 heteroatoms. The number of amides is 1. The molecule has 0 aliphatic carbocycles. The Morgan fingerprint density at radius 3 is 2.63 bits per heavy atom. The highest BCUT2D eigenvalue weighted by Crippen LogP contribution is 2.17. The van der Waals surface area contributed by atoms with Crippen molar-refractivity contribution in [2.45, 2.75) is 39.7 Å². The van der Waals surface area contributed by atoms with Crippen LogP contribution in [-0.2, 0) is 4.79 Å². The van der Waals surface area contributed by atoms with Crippen molar-refractivity contribution in [3.05, 3.63) is 23.4 Å². The maximum absolute atomic E-state index is 12.7. The Balaban J connectivity index is 3.15. The Hall–Kier alpha value is -1.58. The molecule has 0 fully saturated rings. The molecule has 0 unspecified atom stereocenters. The Labute approximate surface area is 116 Å². The van der Waals surface area contributed by atoms with Crippen molar-refractivity contribution < 1.29 is 4.79 Å². The second-order valence-corrected chi connectivity index (χ2v) is 4.61. The van der Waals surface area contributed by atoms with Crippen molar-refractivity contribution >= 4 is 12.1 Å². The number of hydrogen-bond acceptors (Lipinski definition) is 3. The standard InChI is InChI=1S/C15H25N3O/c1-5-8-13-14(11-16-4)17-9-10-18(15(13)19)12(6-2)7-3/h5,8,11-12,17H,6-7,9-10H2,1-4H3/b8-5-,16-11-. The maximum Gasteiger partial charge on any atom is 0.256 e. The first-order valence-corrected chi connectivity index (χ1v) is 7.03. The first kappa shape index (κ1) is 15.5. The van der Waals surface area contributed by atoms with Crippen molar-refractivity contribution in [2.24, 2.45) is 4.99 Å². The topological polar surface area (TPSA) is 44.7 Å². The molecule has 1 N–H and O–H groups in total. The Morgan fingerprint density at radius 1 is 1.42 bits per heavy atom. The summed E-state index contributed by atoms with van der Waals surface area (Å²) in [5.74, 6) is 0.103. The van der Waals surface area contributed by atoms with Gasteiger partial charge in [0.2, 0.25) is 0 Å². The summed E-state index contributed by atoms with van der Waals surface area (Å²) < 4.78 is 0. The van der Waals surface area contributed by atoms with E-state index in [2.05, 4.69) is 24.2 Å². The summed E-state index contributed by atoms with van der Waals surface area (Å²) in [5.41, 5.74) is 1.52. The van der Waals surface area contributed by atoms with Gasteiger partial charge < -0.3 is 10.2 Å². The van der Waals surface area contributed by atoms with Crippen molar-refractivity contribution in [3.8, 4) is 0 Å². The van der Waals surface area contributed by atoms with Crippen LogP contribution in [0.15, 0.2) is 28.4 Å². The van der Waals surface area contributed by atoms with Gasteiger partial charge in [0, 0.05) is 32.4 Å². The molecule has 0 aromatic heterocycles. The van der Waals surface area contributed by atoms with Gasteiger partial charge >= 0.3 is 0 Å². The summed E-state index contributed by atoms with van der Waals surface area (Å²) in [6, 6.07) is 0.312. The average Bonchev–Trinajstić information content (AvgIpc) is 2.55. The molecule has 19 heavy (non-hydrogen) atoms. The minimum absolute atomic E-state index is 0.103. The summed E-state index contributed by atoms with van der Waals surface area (Å²) >= 11 is 0. The van der Waals surface area contributed by atoms with Crippen LogP contribution in [0.4, 0.5) is 0 Å². The van der Waals surface area contributed by atoms with Gasteiger partial charge in [-0.1, -0.05) is 26.0 Å². The van der Waals surface area contributed by atoms with Crippen molar-refractivity contribution in [1.82, 2.24) is 10.2 Å². The Morgan fingerprint density at radius 2 is 2.11 bits per heavy atom. The third kappa shape index (κ3) is 3.69. The zero-order valence-electron chi connectivity index (χ0n) is 12.4. The summed E-state index contributed by atoms with van der Waals surface area (Å²) in [5, 5.41) is 3.30. The van der Waals surface area contributed by atoms with E-state index in [0.717, 1.165) is 31.6 Å². The first-order chi connectivity index (χ1) is 9.19. The Bertz CT molecular complexity index is 392. The summed E-state index contributed by atoms with van der Waals surface area (Å²) in [6.45, 7) is 7.70. The van der Waals surface area contributed by atoms with Crippen LogP contribution in [0.1, 0.15) is 33.6 Å². The van der Waals surface area contributed by atoms with E-state index in [9.17, 15) is 4.79 Å².